The van der Waals surface area contributed by atoms with Gasteiger partial charge in [0.1, 0.15) is 25.1 Å². The van der Waals surface area contributed by atoms with E-state index in [4.69, 9.17) is 24.6 Å². The predicted octanol–water partition coefficient (Wildman–Crippen LogP) is 2.16. The fraction of sp³-hybridized carbons (Fsp3) is 0.450. The van der Waals surface area contributed by atoms with Gasteiger partial charge in [0.2, 0.25) is 0 Å². The van der Waals surface area contributed by atoms with E-state index in [9.17, 15) is 4.79 Å². The molecule has 0 saturated heterocycles. The molecule has 0 spiro atoms. The zero-order valence-corrected chi connectivity index (χ0v) is 16.6. The Morgan fingerprint density at radius 2 is 1.86 bits per heavy atom. The van der Waals surface area contributed by atoms with Crippen molar-refractivity contribution < 1.29 is 34.3 Å². The molecule has 29 heavy (non-hydrogen) atoms. The number of fused-ring (bicyclic) bond motifs is 1. The van der Waals surface area contributed by atoms with E-state index in [1.165, 1.54) is 0 Å². The molecule has 9 nitrogen and oxygen atoms in total. The number of nitrogens with zero attached hydrogens (tertiary/aromatic N) is 1. The summed E-state index contributed by atoms with van der Waals surface area (Å²) in [6.45, 7) is 4.20. The van der Waals surface area contributed by atoms with Crippen molar-refractivity contribution in [2.24, 2.45) is 0 Å². The van der Waals surface area contributed by atoms with Crippen LogP contribution in [0, 0.1) is 0 Å². The summed E-state index contributed by atoms with van der Waals surface area (Å²) in [5.74, 6) is 0.173. The van der Waals surface area contributed by atoms with Crippen molar-refractivity contribution >= 4 is 16.7 Å². The fourth-order valence-electron chi connectivity index (χ4n) is 2.56. The molecule has 3 N–H and O–H groups in total. The summed E-state index contributed by atoms with van der Waals surface area (Å²) in [4.78, 5) is 16.4. The standard InChI is InChI=1S/C20H28N2O7/c1-15(2)21-12-17(29-20(23)14-26-10-11-28-22(24)25)13-27-19-9-5-7-16-6-3-4-8-18(16)19/h3-9,15,17,21,24-25H,10-14H2,1-2H3. The van der Waals surface area contributed by atoms with Crippen molar-refractivity contribution in [1.29, 1.82) is 0 Å². The summed E-state index contributed by atoms with van der Waals surface area (Å²) in [5.41, 5.74) is 0. The van der Waals surface area contributed by atoms with E-state index >= 15 is 0 Å². The van der Waals surface area contributed by atoms with E-state index < -0.39 is 17.5 Å². The number of nitrogens with one attached hydrogen (secondary N) is 1. The maximum Gasteiger partial charge on any atom is 0.332 e. The number of carbonyl (C=O) groups is 1. The minimum absolute atomic E-state index is 0.00582. The van der Waals surface area contributed by atoms with Crippen molar-refractivity contribution in [1.82, 2.24) is 10.7 Å². The Morgan fingerprint density at radius 1 is 1.10 bits per heavy atom. The largest absolute Gasteiger partial charge is 0.489 e. The van der Waals surface area contributed by atoms with Gasteiger partial charge in [-0.05, 0) is 11.5 Å². The molecule has 0 bridgehead atoms. The number of carbonyl (C=O) groups excluding carboxylic acids is 1. The fourth-order valence-corrected chi connectivity index (χ4v) is 2.56. The first-order valence-electron chi connectivity index (χ1n) is 9.37. The molecular formula is C20H28N2O7. The van der Waals surface area contributed by atoms with Gasteiger partial charge in [0.05, 0.1) is 18.6 Å². The van der Waals surface area contributed by atoms with Crippen LogP contribution in [0.5, 0.6) is 5.75 Å². The average Bonchev–Trinajstić information content (AvgIpc) is 2.69. The van der Waals surface area contributed by atoms with E-state index in [1.54, 1.807) is 0 Å². The van der Waals surface area contributed by atoms with Crippen molar-refractivity contribution in [2.75, 3.05) is 33.0 Å². The van der Waals surface area contributed by atoms with Gasteiger partial charge in [-0.25, -0.2) is 9.63 Å². The van der Waals surface area contributed by atoms with Crippen LogP contribution in [-0.4, -0.2) is 66.9 Å². The van der Waals surface area contributed by atoms with Gasteiger partial charge in [-0.3, -0.25) is 10.4 Å². The van der Waals surface area contributed by atoms with E-state index in [1.807, 2.05) is 56.3 Å². The van der Waals surface area contributed by atoms with E-state index in [0.717, 1.165) is 16.5 Å². The van der Waals surface area contributed by atoms with Crippen LogP contribution in [-0.2, 0) is 19.1 Å². The molecule has 0 saturated carbocycles. The molecule has 1 atom stereocenters. The molecule has 0 radical (unpaired) electrons. The summed E-state index contributed by atoms with van der Waals surface area (Å²) in [6, 6.07) is 13.9. The van der Waals surface area contributed by atoms with Gasteiger partial charge in [-0.1, -0.05) is 50.2 Å². The third-order valence-electron chi connectivity index (χ3n) is 3.88. The minimum atomic E-state index is -0.549. The smallest absolute Gasteiger partial charge is 0.332 e. The second kappa shape index (κ2) is 12.3. The number of ether oxygens (including phenoxy) is 3. The highest BCUT2D eigenvalue weighted by atomic mass is 17.1. The topological polar surface area (TPSA) is 110 Å². The lowest BCUT2D eigenvalue weighted by molar-refractivity contribution is -0.493. The Bertz CT molecular complexity index is 749. The Hall–Kier alpha value is -2.27. The van der Waals surface area contributed by atoms with Crippen LogP contribution in [0.3, 0.4) is 0 Å². The van der Waals surface area contributed by atoms with Gasteiger partial charge in [0.25, 0.3) is 0 Å². The normalized spacial score (nSPS) is 12.5. The van der Waals surface area contributed by atoms with Crippen molar-refractivity contribution in [3.63, 3.8) is 0 Å². The monoisotopic (exact) mass is 408 g/mol. The number of benzene rings is 2. The molecule has 2 aromatic carbocycles. The van der Waals surface area contributed by atoms with Gasteiger partial charge in [0, 0.05) is 18.0 Å². The van der Waals surface area contributed by atoms with Gasteiger partial charge in [-0.2, -0.15) is 0 Å². The summed E-state index contributed by atoms with van der Waals surface area (Å²) in [5, 5.41) is 21.7. The Labute approximate surface area is 169 Å². The van der Waals surface area contributed by atoms with Crippen LogP contribution < -0.4 is 10.1 Å². The first-order chi connectivity index (χ1) is 14.0. The molecule has 0 aromatic heterocycles. The quantitative estimate of drug-likeness (QED) is 0.261. The maximum atomic E-state index is 12.0. The second-order valence-corrected chi connectivity index (χ2v) is 6.60. The van der Waals surface area contributed by atoms with Crippen LogP contribution in [0.25, 0.3) is 10.8 Å². The first kappa shape index (κ1) is 23.0. The Balaban J connectivity index is 1.87. The molecular weight excluding hydrogens is 380 g/mol. The predicted molar refractivity (Wildman–Crippen MR) is 105 cm³/mol. The molecule has 1 unspecified atom stereocenters. The highest BCUT2D eigenvalue weighted by molar-refractivity contribution is 5.88. The average molecular weight is 408 g/mol. The number of esters is 1. The van der Waals surface area contributed by atoms with Crippen LogP contribution in [0.4, 0.5) is 0 Å². The number of rotatable bonds is 13. The van der Waals surface area contributed by atoms with Crippen LogP contribution in [0.15, 0.2) is 42.5 Å². The lowest BCUT2D eigenvalue weighted by Crippen LogP contribution is -2.39. The second-order valence-electron chi connectivity index (χ2n) is 6.60. The zero-order chi connectivity index (χ0) is 21.1. The number of hydrogen-bond donors (Lipinski definition) is 3. The summed E-state index contributed by atoms with van der Waals surface area (Å²) < 4.78 is 16.5. The van der Waals surface area contributed by atoms with Gasteiger partial charge in [0.15, 0.2) is 0 Å². The van der Waals surface area contributed by atoms with Gasteiger partial charge >= 0.3 is 5.97 Å². The van der Waals surface area contributed by atoms with Crippen molar-refractivity contribution in [3.8, 4) is 5.75 Å². The molecule has 0 amide bonds. The van der Waals surface area contributed by atoms with Crippen LogP contribution >= 0.6 is 0 Å². The van der Waals surface area contributed by atoms with E-state index in [2.05, 4.69) is 10.2 Å². The third-order valence-corrected chi connectivity index (χ3v) is 3.88. The zero-order valence-electron chi connectivity index (χ0n) is 16.6. The van der Waals surface area contributed by atoms with Crippen molar-refractivity contribution in [2.45, 2.75) is 26.0 Å². The molecule has 0 aliphatic heterocycles. The number of hydrogen-bond acceptors (Lipinski definition) is 9. The molecule has 0 heterocycles. The molecule has 0 fully saturated rings. The summed E-state index contributed by atoms with van der Waals surface area (Å²) in [6.07, 6.45) is -0.505. The SMILES string of the molecule is CC(C)NCC(COc1cccc2ccccc12)OC(=O)COCCON(O)O. The lowest BCUT2D eigenvalue weighted by atomic mass is 10.1. The Kier molecular flexibility index (Phi) is 9.78. The molecule has 2 aromatic rings. The molecule has 2 rings (SSSR count). The molecule has 0 aliphatic carbocycles. The molecule has 0 aliphatic rings. The van der Waals surface area contributed by atoms with E-state index in [-0.39, 0.29) is 32.5 Å². The Morgan fingerprint density at radius 3 is 2.62 bits per heavy atom. The molecule has 9 heteroatoms. The van der Waals surface area contributed by atoms with E-state index in [0.29, 0.717) is 6.54 Å². The van der Waals surface area contributed by atoms with Crippen molar-refractivity contribution in [3.05, 3.63) is 42.5 Å². The highest BCUT2D eigenvalue weighted by Gasteiger charge is 2.17. The third kappa shape index (κ3) is 8.73. The van der Waals surface area contributed by atoms with Gasteiger partial charge < -0.3 is 19.5 Å². The summed E-state index contributed by atoms with van der Waals surface area (Å²) in [7, 11) is 0. The minimum Gasteiger partial charge on any atom is -0.489 e. The van der Waals surface area contributed by atoms with Crippen LogP contribution in [0.2, 0.25) is 0 Å². The van der Waals surface area contributed by atoms with Crippen LogP contribution in [0.1, 0.15) is 13.8 Å². The van der Waals surface area contributed by atoms with Gasteiger partial charge in [-0.15, -0.1) is 0 Å². The lowest BCUT2D eigenvalue weighted by Gasteiger charge is -2.21. The summed E-state index contributed by atoms with van der Waals surface area (Å²) >= 11 is 0. The maximum absolute atomic E-state index is 12.0. The highest BCUT2D eigenvalue weighted by Crippen LogP contribution is 2.25. The molecule has 160 valence electrons. The first-order valence-corrected chi connectivity index (χ1v) is 9.37.